The molecule has 2 aromatic rings. The molecule has 1 saturated carbocycles. The van der Waals surface area contributed by atoms with Crippen LogP contribution in [0.5, 0.6) is 5.75 Å². The smallest absolute Gasteiger partial charge is 0.406 e. The molecule has 2 N–H and O–H groups in total. The van der Waals surface area contributed by atoms with E-state index < -0.39 is 11.9 Å². The van der Waals surface area contributed by atoms with E-state index in [4.69, 9.17) is 10.3 Å². The predicted molar refractivity (Wildman–Crippen MR) is 75.4 cm³/mol. The van der Waals surface area contributed by atoms with E-state index in [9.17, 15) is 13.2 Å². The van der Waals surface area contributed by atoms with Crippen molar-refractivity contribution in [2.45, 2.75) is 44.0 Å². The Morgan fingerprint density at radius 1 is 1.17 bits per heavy atom. The summed E-state index contributed by atoms with van der Waals surface area (Å²) in [6.07, 6.45) is -0.0977. The van der Waals surface area contributed by atoms with Crippen LogP contribution in [0.3, 0.4) is 0 Å². The normalized spacial score (nSPS) is 17.9. The van der Waals surface area contributed by atoms with Crippen LogP contribution in [0.4, 0.5) is 13.2 Å². The number of nitrogens with two attached hydrogens (primary N) is 1. The zero-order chi connectivity index (χ0) is 16.5. The number of ether oxygens (including phenoxy) is 1. The molecule has 0 unspecified atom stereocenters. The largest absolute Gasteiger partial charge is 0.573 e. The van der Waals surface area contributed by atoms with E-state index in [1.165, 1.54) is 18.2 Å². The lowest BCUT2D eigenvalue weighted by atomic mass is 9.82. The van der Waals surface area contributed by atoms with Crippen molar-refractivity contribution in [2.75, 3.05) is 0 Å². The first-order valence-corrected chi connectivity index (χ1v) is 7.35. The van der Waals surface area contributed by atoms with Crippen LogP contribution in [0.1, 0.15) is 37.9 Å². The third kappa shape index (κ3) is 3.64. The van der Waals surface area contributed by atoms with Gasteiger partial charge >= 0.3 is 6.36 Å². The van der Waals surface area contributed by atoms with Crippen LogP contribution < -0.4 is 10.5 Å². The summed E-state index contributed by atoms with van der Waals surface area (Å²) in [6, 6.07) is 5.42. The summed E-state index contributed by atoms with van der Waals surface area (Å²) < 4.78 is 45.9. The van der Waals surface area contributed by atoms with Crippen LogP contribution in [0.25, 0.3) is 11.5 Å². The second kappa shape index (κ2) is 5.84. The Kier molecular flexibility index (Phi) is 4.01. The highest BCUT2D eigenvalue weighted by atomic mass is 19.4. The Labute approximate surface area is 130 Å². The van der Waals surface area contributed by atoms with Crippen molar-refractivity contribution in [2.24, 2.45) is 5.73 Å². The molecule has 1 aromatic heterocycles. The van der Waals surface area contributed by atoms with Gasteiger partial charge < -0.3 is 15.0 Å². The molecule has 5 nitrogen and oxygen atoms in total. The van der Waals surface area contributed by atoms with Crippen LogP contribution in [0, 0.1) is 0 Å². The number of benzene rings is 1. The zero-order valence-corrected chi connectivity index (χ0v) is 12.3. The predicted octanol–water partition coefficient (Wildman–Crippen LogP) is 3.75. The molecule has 0 radical (unpaired) electrons. The van der Waals surface area contributed by atoms with Crippen molar-refractivity contribution >= 4 is 0 Å². The molecule has 1 fully saturated rings. The molecule has 1 heterocycles. The minimum atomic E-state index is -4.75. The van der Waals surface area contributed by atoms with Crippen LogP contribution in [-0.2, 0) is 5.54 Å². The summed E-state index contributed by atoms with van der Waals surface area (Å²) in [7, 11) is 0. The molecule has 1 aromatic carbocycles. The van der Waals surface area contributed by atoms with Crippen molar-refractivity contribution in [1.82, 2.24) is 10.1 Å². The van der Waals surface area contributed by atoms with Gasteiger partial charge in [-0.25, -0.2) is 0 Å². The number of aromatic nitrogens is 2. The van der Waals surface area contributed by atoms with Crippen LogP contribution in [-0.4, -0.2) is 16.5 Å². The van der Waals surface area contributed by atoms with E-state index in [1.807, 2.05) is 0 Å². The first-order valence-electron chi connectivity index (χ1n) is 7.35. The summed E-state index contributed by atoms with van der Waals surface area (Å²) in [5.74, 6) is 0.187. The lowest BCUT2D eigenvalue weighted by molar-refractivity contribution is -0.274. The summed E-state index contributed by atoms with van der Waals surface area (Å²) >= 11 is 0. The van der Waals surface area contributed by atoms with Gasteiger partial charge in [0.25, 0.3) is 5.89 Å². The minimum absolute atomic E-state index is 0.128. The average molecular weight is 327 g/mol. The van der Waals surface area contributed by atoms with Gasteiger partial charge in [0, 0.05) is 5.56 Å². The van der Waals surface area contributed by atoms with Gasteiger partial charge in [0.1, 0.15) is 5.75 Å². The van der Waals surface area contributed by atoms with E-state index in [0.29, 0.717) is 11.4 Å². The van der Waals surface area contributed by atoms with E-state index in [-0.39, 0.29) is 11.6 Å². The summed E-state index contributed by atoms with van der Waals surface area (Å²) in [6.45, 7) is 0. The summed E-state index contributed by atoms with van der Waals surface area (Å²) in [5.41, 5.74) is 6.05. The number of nitrogens with zero attached hydrogens (tertiary/aromatic N) is 2. The Morgan fingerprint density at radius 3 is 2.61 bits per heavy atom. The Hall–Kier alpha value is -2.09. The molecule has 0 spiro atoms. The lowest BCUT2D eigenvalue weighted by Gasteiger charge is -2.29. The van der Waals surface area contributed by atoms with Crippen LogP contribution >= 0.6 is 0 Å². The fourth-order valence-corrected chi connectivity index (χ4v) is 2.78. The monoisotopic (exact) mass is 327 g/mol. The van der Waals surface area contributed by atoms with Crippen LogP contribution in [0.2, 0.25) is 0 Å². The Balaban J connectivity index is 1.84. The number of hydrogen-bond acceptors (Lipinski definition) is 5. The molecule has 0 atom stereocenters. The lowest BCUT2D eigenvalue weighted by Crippen LogP contribution is -2.39. The van der Waals surface area contributed by atoms with Gasteiger partial charge in [-0.2, -0.15) is 4.98 Å². The standard InChI is InChI=1S/C15H16F3N3O2/c16-15(17,18)22-11-6-4-5-10(9-11)12-20-13(21-23-12)14(19)7-2-1-3-8-14/h4-6,9H,1-3,7-8,19H2. The van der Waals surface area contributed by atoms with Crippen molar-refractivity contribution in [3.05, 3.63) is 30.1 Å². The number of hydrogen-bond donors (Lipinski definition) is 1. The second-order valence-corrected chi connectivity index (χ2v) is 5.72. The fraction of sp³-hybridized carbons (Fsp3) is 0.467. The molecule has 23 heavy (non-hydrogen) atoms. The Bertz CT molecular complexity index is 679. The topological polar surface area (TPSA) is 74.2 Å². The maximum absolute atomic E-state index is 12.3. The molecule has 0 aliphatic heterocycles. The van der Waals surface area contributed by atoms with E-state index >= 15 is 0 Å². The van der Waals surface area contributed by atoms with E-state index in [1.54, 1.807) is 6.07 Å². The minimum Gasteiger partial charge on any atom is -0.406 e. The maximum Gasteiger partial charge on any atom is 0.573 e. The van der Waals surface area contributed by atoms with Crippen molar-refractivity contribution in [1.29, 1.82) is 0 Å². The maximum atomic E-state index is 12.3. The van der Waals surface area contributed by atoms with Gasteiger partial charge in [-0.3, -0.25) is 0 Å². The second-order valence-electron chi connectivity index (χ2n) is 5.72. The zero-order valence-electron chi connectivity index (χ0n) is 12.3. The Morgan fingerprint density at radius 2 is 1.91 bits per heavy atom. The SMILES string of the molecule is NC1(c2noc(-c3cccc(OC(F)(F)F)c3)n2)CCCCC1. The van der Waals surface area contributed by atoms with Gasteiger partial charge in [-0.05, 0) is 31.0 Å². The molecule has 0 amide bonds. The summed E-state index contributed by atoms with van der Waals surface area (Å²) in [5, 5.41) is 3.92. The quantitative estimate of drug-likeness (QED) is 0.929. The third-order valence-electron chi connectivity index (χ3n) is 3.93. The molecular weight excluding hydrogens is 311 g/mol. The first-order chi connectivity index (χ1) is 10.9. The van der Waals surface area contributed by atoms with Gasteiger partial charge in [0.15, 0.2) is 5.82 Å². The average Bonchev–Trinajstić information content (AvgIpc) is 2.97. The van der Waals surface area contributed by atoms with Gasteiger partial charge in [-0.1, -0.05) is 30.5 Å². The number of alkyl halides is 3. The molecule has 3 rings (SSSR count). The van der Waals surface area contributed by atoms with Crippen LogP contribution in [0.15, 0.2) is 28.8 Å². The van der Waals surface area contributed by atoms with E-state index in [2.05, 4.69) is 14.9 Å². The highest BCUT2D eigenvalue weighted by Gasteiger charge is 2.35. The molecular formula is C15H16F3N3O2. The van der Waals surface area contributed by atoms with Gasteiger partial charge in [0.05, 0.1) is 5.54 Å². The number of halogens is 3. The fourth-order valence-electron chi connectivity index (χ4n) is 2.78. The first kappa shape index (κ1) is 15.8. The highest BCUT2D eigenvalue weighted by molar-refractivity contribution is 5.55. The molecule has 8 heteroatoms. The molecule has 0 bridgehead atoms. The number of rotatable bonds is 3. The van der Waals surface area contributed by atoms with Crippen molar-refractivity contribution < 1.29 is 22.4 Å². The van der Waals surface area contributed by atoms with Crippen molar-refractivity contribution in [3.8, 4) is 17.2 Å². The van der Waals surface area contributed by atoms with E-state index in [0.717, 1.165) is 32.1 Å². The van der Waals surface area contributed by atoms with Gasteiger partial charge in [-0.15, -0.1) is 13.2 Å². The highest BCUT2D eigenvalue weighted by Crippen LogP contribution is 2.34. The molecule has 124 valence electrons. The van der Waals surface area contributed by atoms with Gasteiger partial charge in [0.2, 0.25) is 0 Å². The van der Waals surface area contributed by atoms with Crippen molar-refractivity contribution in [3.63, 3.8) is 0 Å². The summed E-state index contributed by atoms with van der Waals surface area (Å²) in [4.78, 5) is 4.27. The molecule has 1 aliphatic rings. The molecule has 0 saturated heterocycles. The third-order valence-corrected chi connectivity index (χ3v) is 3.93. The molecule has 1 aliphatic carbocycles.